The summed E-state index contributed by atoms with van der Waals surface area (Å²) >= 11 is 2.50. The van der Waals surface area contributed by atoms with Crippen LogP contribution in [0.25, 0.3) is 10.6 Å². The number of nitrogens with one attached hydrogen (secondary N) is 2. The van der Waals surface area contributed by atoms with Crippen molar-refractivity contribution in [3.8, 4) is 16.3 Å². The minimum Gasteiger partial charge on any atom is -0.404 e. The summed E-state index contributed by atoms with van der Waals surface area (Å²) in [5.41, 5.74) is 1.46. The van der Waals surface area contributed by atoms with Crippen LogP contribution in [-0.4, -0.2) is 22.2 Å². The van der Waals surface area contributed by atoms with Gasteiger partial charge in [0.05, 0.1) is 22.0 Å². The SMILES string of the molecule is CC(=O)Nc1nc(C)c(-c2csc(Nc3ccccc3OC(F)(F)F)n2)s1. The van der Waals surface area contributed by atoms with Gasteiger partial charge in [0.25, 0.3) is 0 Å². The molecule has 2 N–H and O–H groups in total. The molecule has 0 unspecified atom stereocenters. The first kappa shape index (κ1) is 19.1. The Morgan fingerprint density at radius 1 is 1.19 bits per heavy atom. The highest BCUT2D eigenvalue weighted by Gasteiger charge is 2.32. The Labute approximate surface area is 160 Å². The predicted octanol–water partition coefficient (Wildman–Crippen LogP) is 5.18. The van der Waals surface area contributed by atoms with Crippen molar-refractivity contribution in [2.45, 2.75) is 20.2 Å². The third-order valence-corrected chi connectivity index (χ3v) is 5.02. The zero-order valence-electron chi connectivity index (χ0n) is 14.0. The van der Waals surface area contributed by atoms with Gasteiger partial charge in [0, 0.05) is 12.3 Å². The van der Waals surface area contributed by atoms with Crippen molar-refractivity contribution in [1.29, 1.82) is 0 Å². The number of hydrogen-bond donors (Lipinski definition) is 2. The molecule has 0 radical (unpaired) electrons. The normalized spacial score (nSPS) is 11.3. The van der Waals surface area contributed by atoms with Crippen LogP contribution in [0.3, 0.4) is 0 Å². The van der Waals surface area contributed by atoms with Crippen LogP contribution in [0.4, 0.5) is 29.1 Å². The number of carbonyl (C=O) groups is 1. The smallest absolute Gasteiger partial charge is 0.404 e. The van der Waals surface area contributed by atoms with E-state index < -0.39 is 6.36 Å². The Kier molecular flexibility index (Phi) is 5.33. The number of thiazole rings is 2. The van der Waals surface area contributed by atoms with E-state index >= 15 is 0 Å². The number of benzene rings is 1. The molecular weight excluding hydrogens is 401 g/mol. The van der Waals surface area contributed by atoms with Crippen molar-refractivity contribution < 1.29 is 22.7 Å². The number of carbonyl (C=O) groups excluding carboxylic acids is 1. The number of amides is 1. The highest BCUT2D eigenvalue weighted by Crippen LogP contribution is 2.37. The molecule has 0 bridgehead atoms. The summed E-state index contributed by atoms with van der Waals surface area (Å²) in [5.74, 6) is -0.569. The Bertz CT molecular complexity index is 969. The van der Waals surface area contributed by atoms with Crippen molar-refractivity contribution in [1.82, 2.24) is 9.97 Å². The van der Waals surface area contributed by atoms with Gasteiger partial charge in [-0.15, -0.1) is 24.5 Å². The molecular formula is C16H13F3N4O2S2. The van der Waals surface area contributed by atoms with Gasteiger partial charge in [-0.3, -0.25) is 4.79 Å². The van der Waals surface area contributed by atoms with Crippen molar-refractivity contribution in [3.05, 3.63) is 35.3 Å². The van der Waals surface area contributed by atoms with Crippen LogP contribution in [0.2, 0.25) is 0 Å². The van der Waals surface area contributed by atoms with Crippen LogP contribution < -0.4 is 15.4 Å². The number of halogens is 3. The number of ether oxygens (including phenoxy) is 1. The monoisotopic (exact) mass is 414 g/mol. The van der Waals surface area contributed by atoms with E-state index in [1.807, 2.05) is 0 Å². The first-order chi connectivity index (χ1) is 12.7. The van der Waals surface area contributed by atoms with Crippen LogP contribution in [-0.2, 0) is 4.79 Å². The second-order valence-electron chi connectivity index (χ2n) is 5.32. The highest BCUT2D eigenvalue weighted by molar-refractivity contribution is 7.20. The van der Waals surface area contributed by atoms with Gasteiger partial charge in [0.15, 0.2) is 16.0 Å². The van der Waals surface area contributed by atoms with Crippen LogP contribution >= 0.6 is 22.7 Å². The molecule has 1 amide bonds. The summed E-state index contributed by atoms with van der Waals surface area (Å²) in [6.45, 7) is 3.18. The molecule has 0 fully saturated rings. The minimum atomic E-state index is -4.79. The quantitative estimate of drug-likeness (QED) is 0.602. The van der Waals surface area contributed by atoms with Crippen LogP contribution in [0.15, 0.2) is 29.6 Å². The lowest BCUT2D eigenvalue weighted by Crippen LogP contribution is -2.17. The summed E-state index contributed by atoms with van der Waals surface area (Å²) in [6, 6.07) is 5.73. The fourth-order valence-corrected chi connectivity index (χ4v) is 3.93. The third kappa shape index (κ3) is 4.95. The zero-order valence-corrected chi connectivity index (χ0v) is 15.7. The fraction of sp³-hybridized carbons (Fsp3) is 0.188. The largest absolute Gasteiger partial charge is 0.573 e. The first-order valence-electron chi connectivity index (χ1n) is 7.54. The average Bonchev–Trinajstić information content (AvgIpc) is 3.14. The highest BCUT2D eigenvalue weighted by atomic mass is 32.1. The van der Waals surface area contributed by atoms with E-state index in [-0.39, 0.29) is 17.3 Å². The van der Waals surface area contributed by atoms with Crippen molar-refractivity contribution in [2.75, 3.05) is 10.6 Å². The number of para-hydroxylation sites is 2. The lowest BCUT2D eigenvalue weighted by molar-refractivity contribution is -0.274. The van der Waals surface area contributed by atoms with E-state index in [4.69, 9.17) is 0 Å². The number of rotatable bonds is 5. The molecule has 6 nitrogen and oxygen atoms in total. The summed E-state index contributed by atoms with van der Waals surface area (Å²) in [6.07, 6.45) is -4.79. The number of anilines is 3. The second-order valence-corrected chi connectivity index (χ2v) is 7.18. The molecule has 11 heteroatoms. The van der Waals surface area contributed by atoms with Crippen LogP contribution in [0, 0.1) is 6.92 Å². The molecule has 142 valence electrons. The lowest BCUT2D eigenvalue weighted by atomic mass is 10.3. The Morgan fingerprint density at radius 2 is 1.93 bits per heavy atom. The molecule has 0 saturated heterocycles. The molecule has 0 aliphatic carbocycles. The topological polar surface area (TPSA) is 76.1 Å². The number of nitrogens with zero attached hydrogens (tertiary/aromatic N) is 2. The van der Waals surface area contributed by atoms with Gasteiger partial charge in [-0.1, -0.05) is 23.5 Å². The Hall–Kier alpha value is -2.66. The average molecular weight is 414 g/mol. The van der Waals surface area contributed by atoms with E-state index in [9.17, 15) is 18.0 Å². The number of hydrogen-bond acceptors (Lipinski definition) is 7. The summed E-state index contributed by atoms with van der Waals surface area (Å²) < 4.78 is 41.6. The number of aryl methyl sites for hydroxylation is 1. The molecule has 1 aromatic carbocycles. The van der Waals surface area contributed by atoms with Gasteiger partial charge in [-0.25, -0.2) is 9.97 Å². The summed E-state index contributed by atoms with van der Waals surface area (Å²) in [7, 11) is 0. The molecule has 3 rings (SSSR count). The fourth-order valence-electron chi connectivity index (χ4n) is 2.17. The lowest BCUT2D eigenvalue weighted by Gasteiger charge is -2.13. The van der Waals surface area contributed by atoms with E-state index in [2.05, 4.69) is 25.3 Å². The maximum absolute atomic E-state index is 12.5. The van der Waals surface area contributed by atoms with Crippen LogP contribution in [0.1, 0.15) is 12.6 Å². The van der Waals surface area contributed by atoms with Gasteiger partial charge in [0.1, 0.15) is 0 Å². The minimum absolute atomic E-state index is 0.149. The maximum atomic E-state index is 12.5. The first-order valence-corrected chi connectivity index (χ1v) is 9.23. The van der Waals surface area contributed by atoms with Gasteiger partial charge < -0.3 is 15.4 Å². The molecule has 0 atom stereocenters. The van der Waals surface area contributed by atoms with Crippen molar-refractivity contribution >= 4 is 44.5 Å². The van der Waals surface area contributed by atoms with E-state index in [1.54, 1.807) is 18.4 Å². The molecule has 27 heavy (non-hydrogen) atoms. The van der Waals surface area contributed by atoms with Gasteiger partial charge in [-0.2, -0.15) is 0 Å². The van der Waals surface area contributed by atoms with Gasteiger partial charge in [-0.05, 0) is 19.1 Å². The molecule has 0 spiro atoms. The third-order valence-electron chi connectivity index (χ3n) is 3.17. The van der Waals surface area contributed by atoms with Crippen molar-refractivity contribution in [3.63, 3.8) is 0 Å². The standard InChI is InChI=1S/C16H13F3N4O2S2/c1-8-13(27-15(20-8)21-9(2)24)11-7-26-14(23-11)22-10-5-3-4-6-12(10)25-16(17,18)19/h3-7H,1-2H3,(H,22,23)(H,20,21,24). The van der Waals surface area contributed by atoms with E-state index in [0.717, 1.165) is 4.88 Å². The molecule has 0 saturated carbocycles. The molecule has 0 aliphatic rings. The van der Waals surface area contributed by atoms with E-state index in [1.165, 1.54) is 47.8 Å². The molecule has 2 aromatic heterocycles. The Balaban J connectivity index is 1.82. The maximum Gasteiger partial charge on any atom is 0.573 e. The summed E-state index contributed by atoms with van der Waals surface area (Å²) in [5, 5.41) is 8.07. The van der Waals surface area contributed by atoms with Crippen molar-refractivity contribution in [2.24, 2.45) is 0 Å². The zero-order chi connectivity index (χ0) is 19.6. The number of alkyl halides is 3. The number of aromatic nitrogens is 2. The van der Waals surface area contributed by atoms with Gasteiger partial charge >= 0.3 is 6.36 Å². The molecule has 2 heterocycles. The van der Waals surface area contributed by atoms with Gasteiger partial charge in [0.2, 0.25) is 5.91 Å². The Morgan fingerprint density at radius 3 is 2.63 bits per heavy atom. The van der Waals surface area contributed by atoms with Crippen LogP contribution in [0.5, 0.6) is 5.75 Å². The molecule has 3 aromatic rings. The molecule has 0 aliphatic heterocycles. The summed E-state index contributed by atoms with van der Waals surface area (Å²) in [4.78, 5) is 20.6. The van der Waals surface area contributed by atoms with E-state index in [0.29, 0.717) is 21.7 Å². The second kappa shape index (κ2) is 7.53. The predicted molar refractivity (Wildman–Crippen MR) is 98.7 cm³/mol.